The molecule has 0 fully saturated rings. The molecule has 0 aliphatic heterocycles. The molecule has 40 heavy (non-hydrogen) atoms. The summed E-state index contributed by atoms with van der Waals surface area (Å²) in [5.74, 6) is -8.40. The first kappa shape index (κ1) is 31.2. The van der Waals surface area contributed by atoms with Crippen molar-refractivity contribution in [3.8, 4) is 0 Å². The van der Waals surface area contributed by atoms with Gasteiger partial charge in [0.05, 0.1) is 18.9 Å². The van der Waals surface area contributed by atoms with E-state index in [4.69, 9.17) is 16.6 Å². The molecule has 16 heteroatoms. The second-order valence-electron chi connectivity index (χ2n) is 8.89. The fraction of sp³-hybridized carbons (Fsp3) is 0.375. The average Bonchev–Trinajstić information content (AvgIpc) is 3.27. The summed E-state index contributed by atoms with van der Waals surface area (Å²) in [6.45, 7) is 0. The molecule has 1 aromatic heterocycles. The van der Waals surface area contributed by atoms with Crippen molar-refractivity contribution in [1.82, 2.24) is 20.9 Å². The summed E-state index contributed by atoms with van der Waals surface area (Å²) < 4.78 is 0. The molecular weight excluding hydrogens is 532 g/mol. The van der Waals surface area contributed by atoms with E-state index in [0.717, 1.165) is 0 Å². The molecule has 0 bridgehead atoms. The monoisotopic (exact) mass is 562 g/mol. The Balaban J connectivity index is 2.30. The SMILES string of the molecule is NC(=O)CCC(NC(=O)C(CC(=O)O)NC(=O)C(Cc1c[nH]c2ccccc12)NC(=O)C(N)CC(=O)O)C(=O)O. The van der Waals surface area contributed by atoms with Gasteiger partial charge in [-0.05, 0) is 18.1 Å². The third-order valence-electron chi connectivity index (χ3n) is 5.77. The Hall–Kier alpha value is -4.99. The summed E-state index contributed by atoms with van der Waals surface area (Å²) in [7, 11) is 0. The number of aliphatic carboxylic acids is 3. The Morgan fingerprint density at radius 1 is 0.800 bits per heavy atom. The number of aromatic nitrogens is 1. The Morgan fingerprint density at radius 2 is 1.38 bits per heavy atom. The summed E-state index contributed by atoms with van der Waals surface area (Å²) >= 11 is 0. The van der Waals surface area contributed by atoms with E-state index in [1.54, 1.807) is 30.5 Å². The average molecular weight is 563 g/mol. The van der Waals surface area contributed by atoms with E-state index in [0.29, 0.717) is 16.5 Å². The van der Waals surface area contributed by atoms with Gasteiger partial charge >= 0.3 is 17.9 Å². The number of hydrogen-bond acceptors (Lipinski definition) is 8. The van der Waals surface area contributed by atoms with Crippen molar-refractivity contribution < 1.29 is 48.9 Å². The van der Waals surface area contributed by atoms with Crippen LogP contribution in [0, 0.1) is 0 Å². The quantitative estimate of drug-likeness (QED) is 0.106. The van der Waals surface area contributed by atoms with Gasteiger partial charge in [-0.3, -0.25) is 28.8 Å². The van der Waals surface area contributed by atoms with Crippen molar-refractivity contribution >= 4 is 52.4 Å². The number of primary amides is 1. The number of nitrogens with two attached hydrogens (primary N) is 2. The first-order valence-corrected chi connectivity index (χ1v) is 11.9. The highest BCUT2D eigenvalue weighted by Gasteiger charge is 2.32. The molecule has 0 aliphatic carbocycles. The lowest BCUT2D eigenvalue weighted by atomic mass is 10.0. The Kier molecular flexibility index (Phi) is 11.1. The fourth-order valence-electron chi connectivity index (χ4n) is 3.76. The zero-order valence-corrected chi connectivity index (χ0v) is 21.1. The van der Waals surface area contributed by atoms with Crippen LogP contribution in [-0.4, -0.2) is 86.0 Å². The number of rotatable bonds is 16. The van der Waals surface area contributed by atoms with Gasteiger partial charge in [-0.15, -0.1) is 0 Å². The van der Waals surface area contributed by atoms with E-state index in [2.05, 4.69) is 20.9 Å². The van der Waals surface area contributed by atoms with Gasteiger partial charge in [0.1, 0.15) is 18.1 Å². The number of carboxylic acids is 3. The molecule has 1 heterocycles. The van der Waals surface area contributed by atoms with Gasteiger partial charge in [0.2, 0.25) is 23.6 Å². The number of carboxylic acid groups (broad SMARTS) is 3. The van der Waals surface area contributed by atoms with Crippen LogP contribution in [0.15, 0.2) is 30.5 Å². The molecule has 16 nitrogen and oxygen atoms in total. The van der Waals surface area contributed by atoms with Gasteiger partial charge in [0.25, 0.3) is 0 Å². The number of para-hydroxylation sites is 1. The van der Waals surface area contributed by atoms with Crippen molar-refractivity contribution in [2.75, 3.05) is 0 Å². The van der Waals surface area contributed by atoms with Gasteiger partial charge in [0, 0.05) is 29.9 Å². The normalized spacial score (nSPS) is 13.8. The van der Waals surface area contributed by atoms with Gasteiger partial charge in [-0.1, -0.05) is 18.2 Å². The van der Waals surface area contributed by atoms with Crippen LogP contribution in [0.3, 0.4) is 0 Å². The Morgan fingerprint density at radius 3 is 1.98 bits per heavy atom. The zero-order chi connectivity index (χ0) is 30.0. The van der Waals surface area contributed by atoms with E-state index in [9.17, 15) is 43.8 Å². The standard InChI is InChI=1S/C24H30N6O10/c25-13(8-19(32)33)21(36)29-16(7-11-10-27-14-4-2-1-3-12(11)14)22(37)30-17(9-20(34)35)23(38)28-15(24(39)40)5-6-18(26)31/h1-4,10,13,15-17,27H,5-9,25H2,(H2,26,31)(H,28,38)(H,29,36)(H,30,37)(H,32,33)(H,34,35)(H,39,40). The molecule has 0 saturated carbocycles. The van der Waals surface area contributed by atoms with E-state index in [1.807, 2.05) is 0 Å². The number of carbonyl (C=O) groups is 7. The van der Waals surface area contributed by atoms with Crippen molar-refractivity contribution in [2.45, 2.75) is 56.3 Å². The highest BCUT2D eigenvalue weighted by Crippen LogP contribution is 2.19. The lowest BCUT2D eigenvalue weighted by Gasteiger charge is -2.24. The minimum absolute atomic E-state index is 0.168. The highest BCUT2D eigenvalue weighted by molar-refractivity contribution is 5.96. The lowest BCUT2D eigenvalue weighted by Crippen LogP contribution is -2.58. The number of fused-ring (bicyclic) bond motifs is 1. The second-order valence-corrected chi connectivity index (χ2v) is 8.89. The number of benzene rings is 1. The van der Waals surface area contributed by atoms with Crippen LogP contribution in [0.5, 0.6) is 0 Å². The fourth-order valence-corrected chi connectivity index (χ4v) is 3.76. The number of hydrogen-bond donors (Lipinski definition) is 9. The molecule has 4 unspecified atom stereocenters. The zero-order valence-electron chi connectivity index (χ0n) is 21.1. The third-order valence-corrected chi connectivity index (χ3v) is 5.77. The first-order valence-electron chi connectivity index (χ1n) is 11.9. The van der Waals surface area contributed by atoms with E-state index >= 15 is 0 Å². The molecule has 216 valence electrons. The molecule has 11 N–H and O–H groups in total. The summed E-state index contributed by atoms with van der Waals surface area (Å²) in [6, 6.07) is 0.658. The van der Waals surface area contributed by atoms with Crippen LogP contribution in [-0.2, 0) is 40.0 Å². The van der Waals surface area contributed by atoms with E-state index in [-0.39, 0.29) is 19.3 Å². The molecule has 0 radical (unpaired) electrons. The second kappa shape index (κ2) is 14.2. The molecule has 1 aromatic carbocycles. The molecule has 4 amide bonds. The van der Waals surface area contributed by atoms with Crippen LogP contribution in [0.1, 0.15) is 31.2 Å². The largest absolute Gasteiger partial charge is 0.481 e. The van der Waals surface area contributed by atoms with Crippen LogP contribution < -0.4 is 27.4 Å². The van der Waals surface area contributed by atoms with Gasteiger partial charge < -0.3 is 47.7 Å². The van der Waals surface area contributed by atoms with Crippen molar-refractivity contribution in [2.24, 2.45) is 11.5 Å². The molecule has 2 rings (SSSR count). The Labute approximate surface area is 226 Å². The van der Waals surface area contributed by atoms with Gasteiger partial charge in [0.15, 0.2) is 0 Å². The maximum absolute atomic E-state index is 13.3. The summed E-state index contributed by atoms with van der Waals surface area (Å²) in [4.78, 5) is 86.5. The van der Waals surface area contributed by atoms with Crippen molar-refractivity contribution in [3.05, 3.63) is 36.0 Å². The summed E-state index contributed by atoms with van der Waals surface area (Å²) in [5, 5.41) is 34.9. The Bertz CT molecular complexity index is 1290. The summed E-state index contributed by atoms with van der Waals surface area (Å²) in [6.07, 6.45) is -1.05. The molecule has 0 saturated heterocycles. The van der Waals surface area contributed by atoms with Crippen LogP contribution in [0.4, 0.5) is 0 Å². The molecule has 0 aliphatic rings. The van der Waals surface area contributed by atoms with Crippen LogP contribution >= 0.6 is 0 Å². The maximum atomic E-state index is 13.3. The number of H-pyrrole nitrogens is 1. The number of nitrogens with one attached hydrogen (secondary N) is 4. The maximum Gasteiger partial charge on any atom is 0.326 e. The predicted molar refractivity (Wildman–Crippen MR) is 136 cm³/mol. The minimum atomic E-state index is -1.78. The highest BCUT2D eigenvalue weighted by atomic mass is 16.4. The summed E-state index contributed by atoms with van der Waals surface area (Å²) in [5.41, 5.74) is 11.9. The molecule has 2 aromatic rings. The van der Waals surface area contributed by atoms with E-state index in [1.165, 1.54) is 0 Å². The van der Waals surface area contributed by atoms with Crippen LogP contribution in [0.2, 0.25) is 0 Å². The smallest absolute Gasteiger partial charge is 0.326 e. The predicted octanol–water partition coefficient (Wildman–Crippen LogP) is -2.21. The number of amides is 4. The number of carbonyl (C=O) groups excluding carboxylic acids is 4. The third kappa shape index (κ3) is 9.39. The lowest BCUT2D eigenvalue weighted by molar-refractivity contribution is -0.143. The molecular formula is C24H30N6O10. The topological polar surface area (TPSA) is 284 Å². The van der Waals surface area contributed by atoms with E-state index < -0.39 is 78.5 Å². The van der Waals surface area contributed by atoms with Crippen molar-refractivity contribution in [1.29, 1.82) is 0 Å². The van der Waals surface area contributed by atoms with Gasteiger partial charge in [-0.2, -0.15) is 0 Å². The molecule has 0 spiro atoms. The number of aromatic amines is 1. The minimum Gasteiger partial charge on any atom is -0.481 e. The van der Waals surface area contributed by atoms with Gasteiger partial charge in [-0.25, -0.2) is 4.79 Å². The van der Waals surface area contributed by atoms with Crippen molar-refractivity contribution in [3.63, 3.8) is 0 Å². The molecule has 4 atom stereocenters. The first-order chi connectivity index (χ1) is 18.8. The van der Waals surface area contributed by atoms with Crippen LogP contribution in [0.25, 0.3) is 10.9 Å².